The molecule has 14 heavy (non-hydrogen) atoms. The van der Waals surface area contributed by atoms with Gasteiger partial charge in [-0.1, -0.05) is 17.5 Å². The van der Waals surface area contributed by atoms with Crippen LogP contribution >= 0.6 is 11.6 Å². The lowest BCUT2D eigenvalue weighted by atomic mass is 10.4. The second kappa shape index (κ2) is 4.44. The molecule has 0 saturated heterocycles. The SMILES string of the molecule is C#CCNc1ncc(Cl)c(C(=O)O)n1. The van der Waals surface area contributed by atoms with Gasteiger partial charge in [0.2, 0.25) is 5.95 Å². The summed E-state index contributed by atoms with van der Waals surface area (Å²) in [6, 6.07) is 0. The lowest BCUT2D eigenvalue weighted by molar-refractivity contribution is 0.0690. The predicted molar refractivity (Wildman–Crippen MR) is 51.3 cm³/mol. The number of aromatic carboxylic acids is 1. The fourth-order valence-electron chi connectivity index (χ4n) is 0.732. The number of nitrogens with one attached hydrogen (secondary N) is 1. The minimum Gasteiger partial charge on any atom is -0.476 e. The third-order valence-corrected chi connectivity index (χ3v) is 1.57. The zero-order valence-electron chi connectivity index (χ0n) is 6.99. The van der Waals surface area contributed by atoms with E-state index in [9.17, 15) is 4.79 Å². The van der Waals surface area contributed by atoms with E-state index in [1.807, 2.05) is 0 Å². The Bertz CT molecular complexity index is 400. The molecular weight excluding hydrogens is 206 g/mol. The van der Waals surface area contributed by atoms with Crippen molar-refractivity contribution in [2.45, 2.75) is 0 Å². The number of anilines is 1. The number of aromatic nitrogens is 2. The van der Waals surface area contributed by atoms with Crippen molar-refractivity contribution in [1.82, 2.24) is 9.97 Å². The van der Waals surface area contributed by atoms with Gasteiger partial charge in [-0.15, -0.1) is 6.42 Å². The van der Waals surface area contributed by atoms with E-state index in [0.29, 0.717) is 0 Å². The van der Waals surface area contributed by atoms with E-state index >= 15 is 0 Å². The number of carbonyl (C=O) groups is 1. The molecule has 0 aliphatic carbocycles. The Labute approximate surface area is 85.1 Å². The average Bonchev–Trinajstić information content (AvgIpc) is 2.16. The molecule has 0 amide bonds. The van der Waals surface area contributed by atoms with Gasteiger partial charge in [-0.25, -0.2) is 14.8 Å². The molecule has 0 unspecified atom stereocenters. The van der Waals surface area contributed by atoms with Crippen LogP contribution in [0.1, 0.15) is 10.5 Å². The number of nitrogens with zero attached hydrogens (tertiary/aromatic N) is 2. The molecule has 72 valence electrons. The lowest BCUT2D eigenvalue weighted by Gasteiger charge is -2.02. The van der Waals surface area contributed by atoms with Crippen LogP contribution in [0.2, 0.25) is 5.02 Å². The number of carboxylic acids is 1. The summed E-state index contributed by atoms with van der Waals surface area (Å²) in [5.74, 6) is 1.24. The van der Waals surface area contributed by atoms with Crippen molar-refractivity contribution in [1.29, 1.82) is 0 Å². The molecule has 0 saturated carbocycles. The van der Waals surface area contributed by atoms with Crippen LogP contribution in [0.15, 0.2) is 6.20 Å². The molecular formula is C8H6ClN3O2. The van der Waals surface area contributed by atoms with Crippen LogP contribution in [-0.2, 0) is 0 Å². The number of hydrogen-bond donors (Lipinski definition) is 2. The summed E-state index contributed by atoms with van der Waals surface area (Å²) >= 11 is 5.55. The van der Waals surface area contributed by atoms with Gasteiger partial charge in [-0.2, -0.15) is 0 Å². The van der Waals surface area contributed by atoms with Crippen LogP contribution in [-0.4, -0.2) is 27.6 Å². The first-order valence-corrected chi connectivity index (χ1v) is 3.96. The van der Waals surface area contributed by atoms with E-state index in [1.165, 1.54) is 6.20 Å². The van der Waals surface area contributed by atoms with E-state index < -0.39 is 5.97 Å². The monoisotopic (exact) mass is 211 g/mol. The van der Waals surface area contributed by atoms with Crippen molar-refractivity contribution in [3.8, 4) is 12.3 Å². The van der Waals surface area contributed by atoms with Crippen molar-refractivity contribution in [3.63, 3.8) is 0 Å². The molecule has 0 fully saturated rings. The Hall–Kier alpha value is -1.80. The molecule has 1 aromatic heterocycles. The van der Waals surface area contributed by atoms with Crippen LogP contribution in [0.25, 0.3) is 0 Å². The molecule has 0 aliphatic rings. The molecule has 0 spiro atoms. The van der Waals surface area contributed by atoms with Crippen LogP contribution in [0.3, 0.4) is 0 Å². The minimum atomic E-state index is -1.21. The summed E-state index contributed by atoms with van der Waals surface area (Å²) < 4.78 is 0. The highest BCUT2D eigenvalue weighted by atomic mass is 35.5. The number of carboxylic acid groups (broad SMARTS) is 1. The fourth-order valence-corrected chi connectivity index (χ4v) is 0.904. The van der Waals surface area contributed by atoms with E-state index in [4.69, 9.17) is 23.1 Å². The van der Waals surface area contributed by atoms with Crippen molar-refractivity contribution in [2.75, 3.05) is 11.9 Å². The maximum atomic E-state index is 10.6. The first-order chi connectivity index (χ1) is 6.65. The van der Waals surface area contributed by atoms with Crippen LogP contribution in [0, 0.1) is 12.3 Å². The normalized spacial score (nSPS) is 9.14. The second-order valence-electron chi connectivity index (χ2n) is 2.25. The summed E-state index contributed by atoms with van der Waals surface area (Å²) in [6.45, 7) is 0.223. The van der Waals surface area contributed by atoms with Crippen LogP contribution in [0.5, 0.6) is 0 Å². The number of terminal acetylenes is 1. The van der Waals surface area contributed by atoms with Crippen molar-refractivity contribution in [3.05, 3.63) is 16.9 Å². The second-order valence-corrected chi connectivity index (χ2v) is 2.66. The number of hydrogen-bond acceptors (Lipinski definition) is 4. The van der Waals surface area contributed by atoms with Gasteiger partial charge in [0.15, 0.2) is 5.69 Å². The van der Waals surface area contributed by atoms with Crippen molar-refractivity contribution in [2.24, 2.45) is 0 Å². The molecule has 6 heteroatoms. The summed E-state index contributed by atoms with van der Waals surface area (Å²) in [7, 11) is 0. The molecule has 2 N–H and O–H groups in total. The highest BCUT2D eigenvalue weighted by Gasteiger charge is 2.11. The number of halogens is 1. The van der Waals surface area contributed by atoms with Crippen molar-refractivity contribution >= 4 is 23.5 Å². The van der Waals surface area contributed by atoms with E-state index in [-0.39, 0.29) is 23.2 Å². The van der Waals surface area contributed by atoms with Crippen LogP contribution < -0.4 is 5.32 Å². The zero-order chi connectivity index (χ0) is 10.6. The first kappa shape index (κ1) is 10.3. The molecule has 1 aromatic rings. The summed E-state index contributed by atoms with van der Waals surface area (Å²) in [5.41, 5.74) is -0.249. The standard InChI is InChI=1S/C8H6ClN3O2/c1-2-3-10-8-11-4-5(9)6(12-8)7(13)14/h1,4H,3H2,(H,13,14)(H,10,11,12). The zero-order valence-corrected chi connectivity index (χ0v) is 7.75. The molecule has 1 heterocycles. The largest absolute Gasteiger partial charge is 0.476 e. The average molecular weight is 212 g/mol. The van der Waals surface area contributed by atoms with Gasteiger partial charge >= 0.3 is 5.97 Å². The maximum Gasteiger partial charge on any atom is 0.356 e. The van der Waals surface area contributed by atoms with Gasteiger partial charge in [0.1, 0.15) is 0 Å². The molecule has 1 rings (SSSR count). The topological polar surface area (TPSA) is 75.1 Å². The Kier molecular flexibility index (Phi) is 3.26. The maximum absolute atomic E-state index is 10.6. The highest BCUT2D eigenvalue weighted by molar-refractivity contribution is 6.33. The summed E-state index contributed by atoms with van der Waals surface area (Å²) in [5, 5.41) is 11.3. The van der Waals surface area contributed by atoms with E-state index in [0.717, 1.165) is 0 Å². The van der Waals surface area contributed by atoms with Gasteiger partial charge in [-0.3, -0.25) is 0 Å². The Morgan fingerprint density at radius 1 is 1.79 bits per heavy atom. The summed E-state index contributed by atoms with van der Waals surface area (Å²) in [6.07, 6.45) is 6.20. The van der Waals surface area contributed by atoms with Crippen LogP contribution in [0.4, 0.5) is 5.95 Å². The lowest BCUT2D eigenvalue weighted by Crippen LogP contribution is -2.08. The number of rotatable bonds is 3. The molecule has 0 radical (unpaired) electrons. The summed E-state index contributed by atoms with van der Waals surface area (Å²) in [4.78, 5) is 18.0. The molecule has 0 aliphatic heterocycles. The molecule has 0 atom stereocenters. The van der Waals surface area contributed by atoms with E-state index in [1.54, 1.807) is 0 Å². The fraction of sp³-hybridized carbons (Fsp3) is 0.125. The Morgan fingerprint density at radius 3 is 3.07 bits per heavy atom. The third kappa shape index (κ3) is 2.34. The Morgan fingerprint density at radius 2 is 2.50 bits per heavy atom. The van der Waals surface area contributed by atoms with Gasteiger partial charge in [-0.05, 0) is 0 Å². The highest BCUT2D eigenvalue weighted by Crippen LogP contribution is 2.13. The smallest absolute Gasteiger partial charge is 0.356 e. The van der Waals surface area contributed by atoms with Crippen molar-refractivity contribution < 1.29 is 9.90 Å². The van der Waals surface area contributed by atoms with Gasteiger partial charge in [0.25, 0.3) is 0 Å². The van der Waals surface area contributed by atoms with Gasteiger partial charge in [0, 0.05) is 0 Å². The third-order valence-electron chi connectivity index (χ3n) is 1.30. The quantitative estimate of drug-likeness (QED) is 0.726. The van der Waals surface area contributed by atoms with E-state index in [2.05, 4.69) is 21.2 Å². The van der Waals surface area contributed by atoms with Gasteiger partial charge < -0.3 is 10.4 Å². The molecule has 0 bridgehead atoms. The predicted octanol–water partition coefficient (Wildman–Crippen LogP) is 0.873. The molecule has 5 nitrogen and oxygen atoms in total. The molecule has 0 aromatic carbocycles. The Balaban J connectivity index is 2.96. The first-order valence-electron chi connectivity index (χ1n) is 3.58. The minimum absolute atomic E-state index is 0.0104. The van der Waals surface area contributed by atoms with Gasteiger partial charge in [0.05, 0.1) is 17.8 Å².